The molecule has 1 amide bonds. The van der Waals surface area contributed by atoms with E-state index in [2.05, 4.69) is 5.32 Å². The number of amides is 1. The van der Waals surface area contributed by atoms with Gasteiger partial charge in [0.05, 0.1) is 33.3 Å². The molecule has 3 aromatic rings. The Morgan fingerprint density at radius 1 is 1.03 bits per heavy atom. The van der Waals surface area contributed by atoms with Crippen LogP contribution in [0.3, 0.4) is 0 Å². The smallest absolute Gasteiger partial charge is 0.416 e. The van der Waals surface area contributed by atoms with Gasteiger partial charge in [0.1, 0.15) is 6.54 Å². The van der Waals surface area contributed by atoms with Crippen LogP contribution in [0.5, 0.6) is 0 Å². The van der Waals surface area contributed by atoms with Crippen LogP contribution in [0.25, 0.3) is 0 Å². The second-order valence-corrected chi connectivity index (χ2v) is 10.1. The lowest BCUT2D eigenvalue weighted by Crippen LogP contribution is -2.38. The van der Waals surface area contributed by atoms with E-state index in [0.29, 0.717) is 10.4 Å². The molecule has 0 radical (unpaired) electrons. The first-order chi connectivity index (χ1) is 17.3. The van der Waals surface area contributed by atoms with Crippen molar-refractivity contribution in [1.29, 1.82) is 0 Å². The summed E-state index contributed by atoms with van der Waals surface area (Å²) in [5.74, 6) is -1.52. The molecule has 3 rings (SSSR count). The second kappa shape index (κ2) is 11.2. The number of alkyl halides is 3. The van der Waals surface area contributed by atoms with E-state index in [-0.39, 0.29) is 33.5 Å². The number of hydrogen-bond donors (Lipinski definition) is 1. The lowest BCUT2D eigenvalue weighted by atomic mass is 10.2. The van der Waals surface area contributed by atoms with Crippen LogP contribution in [0.2, 0.25) is 5.02 Å². The maximum Gasteiger partial charge on any atom is 0.416 e. The van der Waals surface area contributed by atoms with Gasteiger partial charge >= 0.3 is 12.1 Å². The van der Waals surface area contributed by atoms with Crippen LogP contribution >= 0.6 is 11.6 Å². The molecule has 0 spiro atoms. The lowest BCUT2D eigenvalue weighted by molar-refractivity contribution is -0.137. The number of anilines is 2. The van der Waals surface area contributed by atoms with E-state index in [1.165, 1.54) is 48.5 Å². The van der Waals surface area contributed by atoms with Crippen LogP contribution < -0.4 is 9.62 Å². The number of hydrogen-bond acceptors (Lipinski definition) is 5. The molecule has 7 nitrogen and oxygen atoms in total. The highest BCUT2D eigenvalue weighted by Gasteiger charge is 2.33. The van der Waals surface area contributed by atoms with E-state index in [1.54, 1.807) is 13.8 Å². The topological polar surface area (TPSA) is 92.8 Å². The number of sulfonamides is 1. The van der Waals surface area contributed by atoms with Crippen molar-refractivity contribution >= 4 is 44.9 Å². The molecule has 0 aliphatic rings. The van der Waals surface area contributed by atoms with Gasteiger partial charge in [0.2, 0.25) is 5.91 Å². The SMILES string of the molecule is CCOC(=O)c1ccc(NC(=O)CN(c2cccc(C(F)(F)F)c2)S(=O)(=O)c2ccc(C)cc2)cc1Cl. The van der Waals surface area contributed by atoms with Gasteiger partial charge in [-0.1, -0.05) is 35.4 Å². The molecular weight excluding hydrogens is 533 g/mol. The van der Waals surface area contributed by atoms with Crippen molar-refractivity contribution in [3.63, 3.8) is 0 Å². The quantitative estimate of drug-likeness (QED) is 0.362. The van der Waals surface area contributed by atoms with E-state index in [1.807, 2.05) is 0 Å². The summed E-state index contributed by atoms with van der Waals surface area (Å²) in [6, 6.07) is 13.3. The van der Waals surface area contributed by atoms with Crippen LogP contribution in [-0.2, 0) is 25.7 Å². The second-order valence-electron chi connectivity index (χ2n) is 7.84. The normalized spacial score (nSPS) is 11.6. The summed E-state index contributed by atoms with van der Waals surface area (Å²) < 4.78 is 72.3. The fourth-order valence-corrected chi connectivity index (χ4v) is 4.96. The Bertz CT molecular complexity index is 1410. The van der Waals surface area contributed by atoms with Gasteiger partial charge in [-0.25, -0.2) is 13.2 Å². The van der Waals surface area contributed by atoms with E-state index in [0.717, 1.165) is 17.7 Å². The molecule has 37 heavy (non-hydrogen) atoms. The zero-order chi connectivity index (χ0) is 27.4. The first-order valence-electron chi connectivity index (χ1n) is 10.9. The third-order valence-corrected chi connectivity index (χ3v) is 7.21. The van der Waals surface area contributed by atoms with Gasteiger partial charge in [-0.2, -0.15) is 13.2 Å². The highest BCUT2D eigenvalue weighted by molar-refractivity contribution is 7.92. The van der Waals surface area contributed by atoms with Crippen LogP contribution in [0.15, 0.2) is 71.6 Å². The highest BCUT2D eigenvalue weighted by atomic mass is 35.5. The van der Waals surface area contributed by atoms with Gasteiger partial charge in [-0.05, 0) is 62.4 Å². The maximum absolute atomic E-state index is 13.4. The molecule has 0 aliphatic heterocycles. The molecule has 1 N–H and O–H groups in total. The van der Waals surface area contributed by atoms with E-state index in [9.17, 15) is 31.2 Å². The summed E-state index contributed by atoms with van der Waals surface area (Å²) in [6.45, 7) is 2.66. The Morgan fingerprint density at radius 3 is 2.30 bits per heavy atom. The molecule has 0 heterocycles. The average molecular weight is 555 g/mol. The number of carbonyl (C=O) groups is 2. The summed E-state index contributed by atoms with van der Waals surface area (Å²) in [4.78, 5) is 24.6. The van der Waals surface area contributed by atoms with Crippen LogP contribution in [0.4, 0.5) is 24.5 Å². The number of halogens is 4. The van der Waals surface area contributed by atoms with Gasteiger partial charge in [0.25, 0.3) is 10.0 Å². The minimum atomic E-state index is -4.73. The maximum atomic E-state index is 13.4. The van der Waals surface area contributed by atoms with Crippen molar-refractivity contribution < 1.29 is 35.9 Å². The summed E-state index contributed by atoms with van der Waals surface area (Å²) in [5.41, 5.74) is -0.448. The fraction of sp³-hybridized carbons (Fsp3) is 0.200. The van der Waals surface area contributed by atoms with Gasteiger partial charge in [-0.3, -0.25) is 9.10 Å². The molecule has 0 fully saturated rings. The van der Waals surface area contributed by atoms with Crippen LogP contribution in [-0.4, -0.2) is 33.4 Å². The first kappa shape index (κ1) is 28.0. The lowest BCUT2D eigenvalue weighted by Gasteiger charge is -2.25. The van der Waals surface area contributed by atoms with Crippen molar-refractivity contribution in [1.82, 2.24) is 0 Å². The molecule has 0 aliphatic carbocycles. The average Bonchev–Trinajstić information content (AvgIpc) is 2.82. The largest absolute Gasteiger partial charge is 0.462 e. The van der Waals surface area contributed by atoms with Crippen molar-refractivity contribution in [3.8, 4) is 0 Å². The zero-order valence-corrected chi connectivity index (χ0v) is 21.2. The van der Waals surface area contributed by atoms with Crippen molar-refractivity contribution in [3.05, 3.63) is 88.4 Å². The summed E-state index contributed by atoms with van der Waals surface area (Å²) >= 11 is 6.11. The molecule has 0 aromatic heterocycles. The van der Waals surface area contributed by atoms with Crippen molar-refractivity contribution in [2.75, 3.05) is 22.8 Å². The highest BCUT2D eigenvalue weighted by Crippen LogP contribution is 2.33. The standard InChI is InChI=1S/C25H22ClF3N2O5S/c1-3-36-24(33)21-12-9-18(14-22(21)26)30-23(32)15-31(19-6-4-5-17(13-19)25(27,28)29)37(34,35)20-10-7-16(2)8-11-20/h4-14H,3,15H2,1-2H3,(H,30,32). The number of nitrogens with one attached hydrogen (secondary N) is 1. The van der Waals surface area contributed by atoms with Crippen LogP contribution in [0, 0.1) is 6.92 Å². The van der Waals surface area contributed by atoms with Crippen molar-refractivity contribution in [2.45, 2.75) is 24.9 Å². The molecule has 3 aromatic carbocycles. The molecular formula is C25H22ClF3N2O5S. The predicted molar refractivity (Wildman–Crippen MR) is 133 cm³/mol. The zero-order valence-electron chi connectivity index (χ0n) is 19.7. The monoisotopic (exact) mass is 554 g/mol. The van der Waals surface area contributed by atoms with Gasteiger partial charge < -0.3 is 10.1 Å². The number of carbonyl (C=O) groups excluding carboxylic acids is 2. The van der Waals surface area contributed by atoms with Gasteiger partial charge in [0.15, 0.2) is 0 Å². The van der Waals surface area contributed by atoms with Gasteiger partial charge in [0, 0.05) is 5.69 Å². The molecule has 0 bridgehead atoms. The number of rotatable bonds is 8. The number of esters is 1. The minimum absolute atomic E-state index is 0.0155. The third-order valence-electron chi connectivity index (χ3n) is 5.11. The Labute approximate surface area is 216 Å². The summed E-state index contributed by atoms with van der Waals surface area (Å²) in [7, 11) is -4.44. The van der Waals surface area contributed by atoms with E-state index < -0.39 is 40.2 Å². The molecule has 0 atom stereocenters. The number of aryl methyl sites for hydroxylation is 1. The Morgan fingerprint density at radius 2 is 1.70 bits per heavy atom. The minimum Gasteiger partial charge on any atom is -0.462 e. The summed E-state index contributed by atoms with van der Waals surface area (Å²) in [5, 5.41) is 2.44. The van der Waals surface area contributed by atoms with Crippen molar-refractivity contribution in [2.24, 2.45) is 0 Å². The molecule has 12 heteroatoms. The summed E-state index contributed by atoms with van der Waals surface area (Å²) in [6.07, 6.45) is -4.73. The molecule has 0 saturated carbocycles. The number of benzene rings is 3. The molecule has 0 unspecified atom stereocenters. The Kier molecular flexibility index (Phi) is 8.49. The molecule has 196 valence electrons. The van der Waals surface area contributed by atoms with Gasteiger partial charge in [-0.15, -0.1) is 0 Å². The Hall–Kier alpha value is -3.57. The van der Waals surface area contributed by atoms with Crippen LogP contribution in [0.1, 0.15) is 28.4 Å². The first-order valence-corrected chi connectivity index (χ1v) is 12.7. The third kappa shape index (κ3) is 6.80. The number of ether oxygens (including phenoxy) is 1. The van der Waals surface area contributed by atoms with E-state index >= 15 is 0 Å². The number of nitrogens with zero attached hydrogens (tertiary/aromatic N) is 1. The Balaban J connectivity index is 1.95. The predicted octanol–water partition coefficient (Wildman–Crippen LogP) is 5.68. The fourth-order valence-electron chi connectivity index (χ4n) is 3.29. The molecule has 0 saturated heterocycles. The van der Waals surface area contributed by atoms with E-state index in [4.69, 9.17) is 16.3 Å².